The van der Waals surface area contributed by atoms with E-state index in [-0.39, 0.29) is 24.0 Å². The van der Waals surface area contributed by atoms with E-state index in [1.807, 2.05) is 16.9 Å². The molecule has 6 heteroatoms. The van der Waals surface area contributed by atoms with Crippen LogP contribution in [-0.2, 0) is 13.0 Å². The Hall–Kier alpha value is -1.57. The van der Waals surface area contributed by atoms with E-state index < -0.39 is 0 Å². The minimum absolute atomic E-state index is 0. The number of aliphatic imine (C=N–C) groups is 1. The molecule has 0 saturated heterocycles. The van der Waals surface area contributed by atoms with Crippen LogP contribution >= 0.6 is 24.0 Å². The summed E-state index contributed by atoms with van der Waals surface area (Å²) in [6.07, 6.45) is 5.79. The average Bonchev–Trinajstić information content (AvgIpc) is 3.05. The normalized spacial score (nSPS) is 11.0. The third-order valence-electron chi connectivity index (χ3n) is 3.47. The zero-order valence-corrected chi connectivity index (χ0v) is 16.2. The molecule has 0 radical (unpaired) electrons. The van der Waals surface area contributed by atoms with Crippen LogP contribution in [0, 0.1) is 6.92 Å². The van der Waals surface area contributed by atoms with Gasteiger partial charge in [-0.25, -0.2) is 0 Å². The molecule has 1 heterocycles. The lowest BCUT2D eigenvalue weighted by molar-refractivity contribution is 0.570. The number of aromatic nitrogens is 2. The summed E-state index contributed by atoms with van der Waals surface area (Å²) >= 11 is 0. The molecule has 2 N–H and O–H groups in total. The van der Waals surface area contributed by atoms with Gasteiger partial charge < -0.3 is 10.6 Å². The molecule has 1 aromatic heterocycles. The van der Waals surface area contributed by atoms with Crippen molar-refractivity contribution in [1.29, 1.82) is 0 Å². The third kappa shape index (κ3) is 7.49. The Labute approximate surface area is 155 Å². The number of guanidine groups is 1. The molecule has 126 valence electrons. The van der Waals surface area contributed by atoms with Crippen LogP contribution in [0.5, 0.6) is 0 Å². The van der Waals surface area contributed by atoms with Crippen LogP contribution in [-0.4, -0.2) is 35.9 Å². The molecule has 1 aromatic carbocycles. The Kier molecular flexibility index (Phi) is 9.35. The lowest BCUT2D eigenvalue weighted by atomic mass is 10.1. The second-order valence-electron chi connectivity index (χ2n) is 5.28. The fourth-order valence-corrected chi connectivity index (χ4v) is 2.18. The van der Waals surface area contributed by atoms with Crippen molar-refractivity contribution in [2.24, 2.45) is 4.99 Å². The number of aryl methyl sites for hydroxylation is 2. The topological polar surface area (TPSA) is 54.2 Å². The molecule has 0 fully saturated rings. The van der Waals surface area contributed by atoms with E-state index in [4.69, 9.17) is 0 Å². The van der Waals surface area contributed by atoms with Gasteiger partial charge in [0.15, 0.2) is 5.96 Å². The highest BCUT2D eigenvalue weighted by Gasteiger charge is 1.98. The maximum atomic E-state index is 4.24. The zero-order chi connectivity index (χ0) is 15.6. The monoisotopic (exact) mass is 427 g/mol. The van der Waals surface area contributed by atoms with E-state index in [0.717, 1.165) is 38.4 Å². The number of nitrogens with one attached hydrogen (secondary N) is 2. The molecule has 0 amide bonds. The van der Waals surface area contributed by atoms with Crippen LogP contribution in [0.25, 0.3) is 0 Å². The second kappa shape index (κ2) is 11.0. The van der Waals surface area contributed by atoms with E-state index in [0.29, 0.717) is 0 Å². The summed E-state index contributed by atoms with van der Waals surface area (Å²) < 4.78 is 1.94. The summed E-state index contributed by atoms with van der Waals surface area (Å²) in [6.45, 7) is 4.78. The van der Waals surface area contributed by atoms with E-state index in [1.54, 1.807) is 13.2 Å². The molecule has 0 aliphatic rings. The first-order valence-electron chi connectivity index (χ1n) is 7.75. The number of hydrogen-bond acceptors (Lipinski definition) is 2. The van der Waals surface area contributed by atoms with Gasteiger partial charge in [0.05, 0.1) is 0 Å². The van der Waals surface area contributed by atoms with Gasteiger partial charge in [0.25, 0.3) is 0 Å². The number of rotatable bonds is 7. The number of nitrogens with zero attached hydrogens (tertiary/aromatic N) is 3. The summed E-state index contributed by atoms with van der Waals surface area (Å²) in [5.74, 6) is 0.854. The molecule has 0 bridgehead atoms. The molecule has 0 saturated carbocycles. The van der Waals surface area contributed by atoms with Crippen molar-refractivity contribution in [3.05, 3.63) is 53.9 Å². The molecule has 5 nitrogen and oxygen atoms in total. The van der Waals surface area contributed by atoms with E-state index in [9.17, 15) is 0 Å². The van der Waals surface area contributed by atoms with Gasteiger partial charge in [-0.15, -0.1) is 24.0 Å². The molecular formula is C17H26IN5. The first-order chi connectivity index (χ1) is 10.8. The van der Waals surface area contributed by atoms with Crippen LogP contribution in [0.15, 0.2) is 47.7 Å². The van der Waals surface area contributed by atoms with Crippen LogP contribution in [0.4, 0.5) is 0 Å². The maximum Gasteiger partial charge on any atom is 0.190 e. The number of benzene rings is 1. The summed E-state index contributed by atoms with van der Waals surface area (Å²) in [6, 6.07) is 10.6. The Morgan fingerprint density at radius 2 is 1.91 bits per heavy atom. The predicted octanol–water partition coefficient (Wildman–Crippen LogP) is 2.61. The van der Waals surface area contributed by atoms with Gasteiger partial charge >= 0.3 is 0 Å². The Morgan fingerprint density at radius 1 is 1.17 bits per heavy atom. The highest BCUT2D eigenvalue weighted by atomic mass is 127. The van der Waals surface area contributed by atoms with E-state index in [1.165, 1.54) is 11.1 Å². The minimum atomic E-state index is 0. The average molecular weight is 427 g/mol. The van der Waals surface area contributed by atoms with Crippen molar-refractivity contribution in [1.82, 2.24) is 20.4 Å². The van der Waals surface area contributed by atoms with Crippen LogP contribution < -0.4 is 10.6 Å². The van der Waals surface area contributed by atoms with Crippen molar-refractivity contribution in [2.45, 2.75) is 26.3 Å². The van der Waals surface area contributed by atoms with Gasteiger partial charge in [0.1, 0.15) is 0 Å². The summed E-state index contributed by atoms with van der Waals surface area (Å²) in [5.41, 5.74) is 2.64. The minimum Gasteiger partial charge on any atom is -0.356 e. The van der Waals surface area contributed by atoms with Crippen molar-refractivity contribution in [3.8, 4) is 0 Å². The van der Waals surface area contributed by atoms with Gasteiger partial charge in [-0.1, -0.05) is 29.8 Å². The first kappa shape index (κ1) is 19.5. The molecule has 0 spiro atoms. The quantitative estimate of drug-likeness (QED) is 0.309. The fraction of sp³-hybridized carbons (Fsp3) is 0.412. The zero-order valence-electron chi connectivity index (χ0n) is 13.8. The molecule has 0 atom stereocenters. The van der Waals surface area contributed by atoms with Gasteiger partial charge in [-0.2, -0.15) is 5.10 Å². The summed E-state index contributed by atoms with van der Waals surface area (Å²) in [5, 5.41) is 10.9. The van der Waals surface area contributed by atoms with Gasteiger partial charge in [-0.3, -0.25) is 9.67 Å². The van der Waals surface area contributed by atoms with Crippen molar-refractivity contribution < 1.29 is 0 Å². The third-order valence-corrected chi connectivity index (χ3v) is 3.47. The molecule has 0 aliphatic carbocycles. The molecule has 2 aromatic rings. The Morgan fingerprint density at radius 3 is 2.57 bits per heavy atom. The van der Waals surface area contributed by atoms with Crippen molar-refractivity contribution in [2.75, 3.05) is 20.1 Å². The highest BCUT2D eigenvalue weighted by Crippen LogP contribution is 2.02. The van der Waals surface area contributed by atoms with Crippen LogP contribution in [0.1, 0.15) is 17.5 Å². The van der Waals surface area contributed by atoms with Gasteiger partial charge in [0.2, 0.25) is 0 Å². The summed E-state index contributed by atoms with van der Waals surface area (Å²) in [7, 11) is 1.80. The number of halogens is 1. The first-order valence-corrected chi connectivity index (χ1v) is 7.75. The van der Waals surface area contributed by atoms with Crippen molar-refractivity contribution >= 4 is 29.9 Å². The maximum absolute atomic E-state index is 4.24. The Bertz CT molecular complexity index is 563. The standard InChI is InChI=1S/C17H25N5.HI/c1-15-5-7-16(8-6-15)9-12-20-17(18-2)19-10-3-13-22-14-4-11-21-22;/h4-8,11,14H,3,9-10,12-13H2,1-2H3,(H2,18,19,20);1H. The van der Waals surface area contributed by atoms with E-state index >= 15 is 0 Å². The predicted molar refractivity (Wildman–Crippen MR) is 107 cm³/mol. The van der Waals surface area contributed by atoms with Crippen LogP contribution in [0.2, 0.25) is 0 Å². The Balaban J connectivity index is 0.00000264. The fourth-order valence-electron chi connectivity index (χ4n) is 2.18. The molecular weight excluding hydrogens is 401 g/mol. The number of hydrogen-bond donors (Lipinski definition) is 2. The lowest BCUT2D eigenvalue weighted by Gasteiger charge is -2.12. The molecule has 0 unspecified atom stereocenters. The highest BCUT2D eigenvalue weighted by molar-refractivity contribution is 14.0. The largest absolute Gasteiger partial charge is 0.356 e. The SMILES string of the molecule is CN=C(NCCCn1cccn1)NCCc1ccc(C)cc1.I. The molecule has 0 aliphatic heterocycles. The molecule has 2 rings (SSSR count). The summed E-state index contributed by atoms with van der Waals surface area (Å²) in [4.78, 5) is 4.24. The molecule has 23 heavy (non-hydrogen) atoms. The smallest absolute Gasteiger partial charge is 0.190 e. The van der Waals surface area contributed by atoms with Crippen molar-refractivity contribution in [3.63, 3.8) is 0 Å². The van der Waals surface area contributed by atoms with E-state index in [2.05, 4.69) is 51.9 Å². The lowest BCUT2D eigenvalue weighted by Crippen LogP contribution is -2.39. The van der Waals surface area contributed by atoms with Gasteiger partial charge in [-0.05, 0) is 31.4 Å². The second-order valence-corrected chi connectivity index (χ2v) is 5.28. The van der Waals surface area contributed by atoms with Gasteiger partial charge in [0, 0.05) is 39.1 Å². The van der Waals surface area contributed by atoms with Crippen LogP contribution in [0.3, 0.4) is 0 Å².